The molecule has 0 N–H and O–H groups in total. The first-order valence-corrected chi connectivity index (χ1v) is 11.8. The number of rotatable bonds is 3. The van der Waals surface area contributed by atoms with E-state index in [2.05, 4.69) is 28.5 Å². The van der Waals surface area contributed by atoms with Gasteiger partial charge in [0, 0.05) is 76.1 Å². The van der Waals surface area contributed by atoms with Gasteiger partial charge >= 0.3 is 0 Å². The number of amides is 2. The number of fused-ring (bicyclic) bond motifs is 1. The Kier molecular flexibility index (Phi) is 6.11. The molecular weight excluding hydrogens is 386 g/mol. The van der Waals surface area contributed by atoms with Crippen LogP contribution in [0.4, 0.5) is 5.13 Å². The van der Waals surface area contributed by atoms with E-state index in [-0.39, 0.29) is 11.8 Å². The van der Waals surface area contributed by atoms with Crippen molar-refractivity contribution in [3.63, 3.8) is 0 Å². The molecule has 2 fully saturated rings. The van der Waals surface area contributed by atoms with E-state index in [0.717, 1.165) is 76.8 Å². The molecule has 29 heavy (non-hydrogen) atoms. The summed E-state index contributed by atoms with van der Waals surface area (Å²) in [5.74, 6) is 0.596. The highest BCUT2D eigenvalue weighted by Crippen LogP contribution is 2.35. The van der Waals surface area contributed by atoms with E-state index in [0.29, 0.717) is 11.9 Å². The summed E-state index contributed by atoms with van der Waals surface area (Å²) in [6.45, 7) is 13.0. The SMILES string of the molecule is CC(=O)N1CCN(c2nc3c(s2)CC(C(=O)N2CCN(C(C)C)CC2)CC3)CC1. The molecule has 1 aliphatic carbocycles. The summed E-state index contributed by atoms with van der Waals surface area (Å²) in [6, 6.07) is 0.553. The highest BCUT2D eigenvalue weighted by Gasteiger charge is 2.33. The Hall–Kier alpha value is -1.67. The van der Waals surface area contributed by atoms with Crippen LogP contribution in [0.15, 0.2) is 0 Å². The summed E-state index contributed by atoms with van der Waals surface area (Å²) in [6.07, 6.45) is 2.66. The molecule has 1 unspecified atom stereocenters. The molecule has 4 rings (SSSR count). The van der Waals surface area contributed by atoms with E-state index in [1.54, 1.807) is 18.3 Å². The van der Waals surface area contributed by atoms with Crippen molar-refractivity contribution in [2.45, 2.75) is 46.1 Å². The van der Waals surface area contributed by atoms with Gasteiger partial charge in [0.15, 0.2) is 5.13 Å². The van der Waals surface area contributed by atoms with E-state index < -0.39 is 0 Å². The molecule has 1 atom stereocenters. The van der Waals surface area contributed by atoms with Gasteiger partial charge in [-0.05, 0) is 33.1 Å². The lowest BCUT2D eigenvalue weighted by Gasteiger charge is -2.38. The fourth-order valence-electron chi connectivity index (χ4n) is 4.64. The Bertz CT molecular complexity index is 748. The van der Waals surface area contributed by atoms with Crippen molar-refractivity contribution in [2.75, 3.05) is 57.3 Å². The van der Waals surface area contributed by atoms with E-state index in [1.807, 2.05) is 4.90 Å². The third-order valence-electron chi connectivity index (χ3n) is 6.63. The molecule has 3 heterocycles. The fraction of sp³-hybridized carbons (Fsp3) is 0.762. The smallest absolute Gasteiger partial charge is 0.226 e. The third-order valence-corrected chi connectivity index (χ3v) is 7.81. The quantitative estimate of drug-likeness (QED) is 0.743. The Labute approximate surface area is 177 Å². The van der Waals surface area contributed by atoms with Crippen LogP contribution < -0.4 is 4.90 Å². The second kappa shape index (κ2) is 8.60. The number of nitrogens with zero attached hydrogens (tertiary/aromatic N) is 5. The highest BCUT2D eigenvalue weighted by molar-refractivity contribution is 7.15. The maximum Gasteiger partial charge on any atom is 0.226 e. The molecule has 0 radical (unpaired) electrons. The Morgan fingerprint density at radius 3 is 2.28 bits per heavy atom. The lowest BCUT2D eigenvalue weighted by Crippen LogP contribution is -2.52. The van der Waals surface area contributed by atoms with Crippen molar-refractivity contribution in [1.82, 2.24) is 19.7 Å². The maximum absolute atomic E-state index is 13.1. The molecule has 1 aromatic rings. The molecule has 0 saturated carbocycles. The molecule has 1 aromatic heterocycles. The van der Waals surface area contributed by atoms with E-state index in [9.17, 15) is 9.59 Å². The number of carbonyl (C=O) groups is 2. The molecular formula is C21H33N5O2S. The number of hydrogen-bond donors (Lipinski definition) is 0. The number of aryl methyl sites for hydroxylation is 1. The fourth-order valence-corrected chi connectivity index (χ4v) is 5.87. The van der Waals surface area contributed by atoms with Crippen LogP contribution in [-0.2, 0) is 22.4 Å². The predicted octanol–water partition coefficient (Wildman–Crippen LogP) is 1.47. The van der Waals surface area contributed by atoms with Crippen LogP contribution in [-0.4, -0.2) is 89.9 Å². The molecule has 2 amide bonds. The minimum atomic E-state index is 0.107. The third kappa shape index (κ3) is 4.43. The van der Waals surface area contributed by atoms with E-state index >= 15 is 0 Å². The average molecular weight is 420 g/mol. The summed E-state index contributed by atoms with van der Waals surface area (Å²) in [5.41, 5.74) is 1.19. The van der Waals surface area contributed by atoms with Gasteiger partial charge in [0.1, 0.15) is 0 Å². The second-order valence-corrected chi connectivity index (χ2v) is 9.82. The Morgan fingerprint density at radius 1 is 1.00 bits per heavy atom. The van der Waals surface area contributed by atoms with Crippen LogP contribution >= 0.6 is 11.3 Å². The maximum atomic E-state index is 13.1. The molecule has 7 nitrogen and oxygen atoms in total. The molecule has 2 aliphatic heterocycles. The summed E-state index contributed by atoms with van der Waals surface area (Å²) >= 11 is 1.76. The summed E-state index contributed by atoms with van der Waals surface area (Å²) in [4.78, 5) is 39.5. The van der Waals surface area contributed by atoms with Crippen molar-refractivity contribution in [1.29, 1.82) is 0 Å². The van der Waals surface area contributed by atoms with Crippen LogP contribution in [0.1, 0.15) is 37.8 Å². The van der Waals surface area contributed by atoms with Crippen LogP contribution in [0.2, 0.25) is 0 Å². The monoisotopic (exact) mass is 419 g/mol. The highest BCUT2D eigenvalue weighted by atomic mass is 32.1. The minimum Gasteiger partial charge on any atom is -0.345 e. The number of anilines is 1. The van der Waals surface area contributed by atoms with Gasteiger partial charge in [-0.15, -0.1) is 11.3 Å². The second-order valence-electron chi connectivity index (χ2n) is 8.75. The van der Waals surface area contributed by atoms with Gasteiger partial charge in [-0.1, -0.05) is 0 Å². The first kappa shape index (κ1) is 20.6. The number of thiazole rings is 1. The molecule has 8 heteroatoms. The zero-order valence-electron chi connectivity index (χ0n) is 17.9. The van der Waals surface area contributed by atoms with Crippen LogP contribution in [0.3, 0.4) is 0 Å². The van der Waals surface area contributed by atoms with Crippen molar-refractivity contribution in [3.05, 3.63) is 10.6 Å². The van der Waals surface area contributed by atoms with Gasteiger partial charge in [-0.3, -0.25) is 14.5 Å². The zero-order chi connectivity index (χ0) is 20.5. The average Bonchev–Trinajstić information content (AvgIpc) is 3.16. The van der Waals surface area contributed by atoms with Crippen LogP contribution in [0, 0.1) is 5.92 Å². The lowest BCUT2D eigenvalue weighted by atomic mass is 9.90. The topological polar surface area (TPSA) is 60.0 Å². The molecule has 0 spiro atoms. The van der Waals surface area contributed by atoms with Crippen LogP contribution in [0.25, 0.3) is 0 Å². The van der Waals surface area contributed by atoms with Gasteiger partial charge in [0.25, 0.3) is 0 Å². The molecule has 3 aliphatic rings. The molecule has 0 aromatic carbocycles. The van der Waals surface area contributed by atoms with E-state index in [4.69, 9.17) is 4.98 Å². The minimum absolute atomic E-state index is 0.107. The first-order valence-electron chi connectivity index (χ1n) is 10.9. The van der Waals surface area contributed by atoms with Gasteiger partial charge in [-0.25, -0.2) is 4.98 Å². The molecule has 160 valence electrons. The van der Waals surface area contributed by atoms with Gasteiger partial charge in [0.2, 0.25) is 11.8 Å². The zero-order valence-corrected chi connectivity index (χ0v) is 18.7. The predicted molar refractivity (Wildman–Crippen MR) is 115 cm³/mol. The summed E-state index contributed by atoms with van der Waals surface area (Å²) in [7, 11) is 0. The number of hydrogen-bond acceptors (Lipinski definition) is 6. The van der Waals surface area contributed by atoms with Crippen molar-refractivity contribution in [3.8, 4) is 0 Å². The van der Waals surface area contributed by atoms with Crippen molar-refractivity contribution >= 4 is 28.3 Å². The number of piperazine rings is 2. The Morgan fingerprint density at radius 2 is 1.66 bits per heavy atom. The number of aromatic nitrogens is 1. The summed E-state index contributed by atoms with van der Waals surface area (Å²) in [5, 5.41) is 1.07. The van der Waals surface area contributed by atoms with Gasteiger partial charge in [0.05, 0.1) is 5.69 Å². The van der Waals surface area contributed by atoms with Crippen molar-refractivity contribution in [2.24, 2.45) is 5.92 Å². The summed E-state index contributed by atoms with van der Waals surface area (Å²) < 4.78 is 0. The van der Waals surface area contributed by atoms with Crippen molar-refractivity contribution < 1.29 is 9.59 Å². The largest absolute Gasteiger partial charge is 0.345 e. The normalized spacial score (nSPS) is 23.4. The molecule has 0 bridgehead atoms. The van der Waals surface area contributed by atoms with E-state index in [1.165, 1.54) is 10.6 Å². The van der Waals surface area contributed by atoms with Crippen LogP contribution in [0.5, 0.6) is 0 Å². The standard InChI is InChI=1S/C21H33N5O2S/c1-15(2)23-6-10-25(11-7-23)20(28)17-4-5-18-19(14-17)29-21(22-18)26-12-8-24(9-13-26)16(3)27/h15,17H,4-14H2,1-3H3. The first-order chi connectivity index (χ1) is 13.9. The molecule has 2 saturated heterocycles. The lowest BCUT2D eigenvalue weighted by molar-refractivity contribution is -0.138. The van der Waals surface area contributed by atoms with Gasteiger partial charge < -0.3 is 14.7 Å². The number of carbonyl (C=O) groups excluding carboxylic acids is 2. The Balaban J connectivity index is 1.35. The van der Waals surface area contributed by atoms with Gasteiger partial charge in [-0.2, -0.15) is 0 Å².